The molecule has 0 aromatic heterocycles. The van der Waals surface area contributed by atoms with Gasteiger partial charge in [0.2, 0.25) is 5.91 Å². The van der Waals surface area contributed by atoms with Crippen LogP contribution in [0.5, 0.6) is 0 Å². The molecule has 1 heterocycles. The van der Waals surface area contributed by atoms with Crippen LogP contribution in [0.25, 0.3) is 0 Å². The minimum absolute atomic E-state index is 0.00625. The van der Waals surface area contributed by atoms with E-state index in [2.05, 4.69) is 31.3 Å². The second-order valence-electron chi connectivity index (χ2n) is 4.96. The topological polar surface area (TPSA) is 32.3 Å². The molecule has 3 heteroatoms. The van der Waals surface area contributed by atoms with Crippen LogP contribution >= 0.6 is 0 Å². The van der Waals surface area contributed by atoms with Gasteiger partial charge in [-0.15, -0.1) is 0 Å². The summed E-state index contributed by atoms with van der Waals surface area (Å²) in [6.07, 6.45) is 0.861. The first-order valence-electron chi connectivity index (χ1n) is 6.80. The van der Waals surface area contributed by atoms with Crippen LogP contribution in [-0.2, 0) is 4.79 Å². The first kappa shape index (κ1) is 13.1. The third-order valence-electron chi connectivity index (χ3n) is 3.69. The molecule has 1 saturated heterocycles. The molecule has 0 aliphatic carbocycles. The molecule has 98 valence electrons. The van der Waals surface area contributed by atoms with E-state index < -0.39 is 0 Å². The molecule has 0 radical (unpaired) electrons. The molecule has 1 amide bonds. The summed E-state index contributed by atoms with van der Waals surface area (Å²) in [6.45, 7) is 6.83. The Balaban J connectivity index is 2.15. The molecule has 1 aromatic rings. The summed E-state index contributed by atoms with van der Waals surface area (Å²) in [7, 11) is 0. The molecular weight excluding hydrogens is 224 g/mol. The van der Waals surface area contributed by atoms with Crippen molar-refractivity contribution in [3.05, 3.63) is 35.9 Å². The lowest BCUT2D eigenvalue weighted by Gasteiger charge is -2.36. The van der Waals surface area contributed by atoms with Crippen LogP contribution in [0.2, 0.25) is 0 Å². The second kappa shape index (κ2) is 6.01. The van der Waals surface area contributed by atoms with Crippen LogP contribution in [-0.4, -0.2) is 36.5 Å². The van der Waals surface area contributed by atoms with E-state index in [-0.39, 0.29) is 11.8 Å². The Morgan fingerprint density at radius 2 is 2.17 bits per heavy atom. The van der Waals surface area contributed by atoms with E-state index in [1.807, 2.05) is 23.1 Å². The van der Waals surface area contributed by atoms with Gasteiger partial charge in [-0.1, -0.05) is 37.3 Å². The summed E-state index contributed by atoms with van der Waals surface area (Å²) in [5.41, 5.74) is 1.13. The minimum Gasteiger partial charge on any atom is -0.337 e. The van der Waals surface area contributed by atoms with E-state index in [9.17, 15) is 4.79 Å². The summed E-state index contributed by atoms with van der Waals surface area (Å²) < 4.78 is 0. The van der Waals surface area contributed by atoms with Gasteiger partial charge in [0.15, 0.2) is 0 Å². The highest BCUT2D eigenvalue weighted by molar-refractivity contribution is 5.84. The molecule has 1 fully saturated rings. The highest BCUT2D eigenvalue weighted by Gasteiger charge is 2.28. The van der Waals surface area contributed by atoms with Gasteiger partial charge in [0.1, 0.15) is 0 Å². The first-order chi connectivity index (χ1) is 8.74. The summed E-state index contributed by atoms with van der Waals surface area (Å²) in [5.74, 6) is 0.282. The zero-order valence-corrected chi connectivity index (χ0v) is 11.2. The lowest BCUT2D eigenvalue weighted by Crippen LogP contribution is -2.53. The Labute approximate surface area is 109 Å². The number of nitrogens with zero attached hydrogens (tertiary/aromatic N) is 1. The lowest BCUT2D eigenvalue weighted by atomic mass is 9.94. The summed E-state index contributed by atoms with van der Waals surface area (Å²) >= 11 is 0. The summed E-state index contributed by atoms with van der Waals surface area (Å²) in [5, 5.41) is 3.32. The SMILES string of the molecule is CCC(C(=O)N1CCNC[C@H]1C)c1ccccc1. The van der Waals surface area contributed by atoms with Crippen molar-refractivity contribution < 1.29 is 4.79 Å². The van der Waals surface area contributed by atoms with Gasteiger partial charge >= 0.3 is 0 Å². The van der Waals surface area contributed by atoms with Gasteiger partial charge in [-0.3, -0.25) is 4.79 Å². The first-order valence-corrected chi connectivity index (χ1v) is 6.80. The molecular formula is C15H22N2O. The number of nitrogens with one attached hydrogen (secondary N) is 1. The van der Waals surface area contributed by atoms with Crippen LogP contribution in [0.1, 0.15) is 31.7 Å². The van der Waals surface area contributed by atoms with Gasteiger partial charge in [0.25, 0.3) is 0 Å². The number of amides is 1. The van der Waals surface area contributed by atoms with Crippen LogP contribution in [0.15, 0.2) is 30.3 Å². The lowest BCUT2D eigenvalue weighted by molar-refractivity contribution is -0.135. The fourth-order valence-electron chi connectivity index (χ4n) is 2.61. The van der Waals surface area contributed by atoms with E-state index >= 15 is 0 Å². The fourth-order valence-corrected chi connectivity index (χ4v) is 2.61. The molecule has 2 atom stereocenters. The number of rotatable bonds is 3. The Hall–Kier alpha value is -1.35. The largest absolute Gasteiger partial charge is 0.337 e. The van der Waals surface area contributed by atoms with E-state index in [1.54, 1.807) is 0 Å². The highest BCUT2D eigenvalue weighted by atomic mass is 16.2. The van der Waals surface area contributed by atoms with Gasteiger partial charge < -0.3 is 10.2 Å². The van der Waals surface area contributed by atoms with Crippen molar-refractivity contribution >= 4 is 5.91 Å². The van der Waals surface area contributed by atoms with Crippen molar-refractivity contribution in [1.82, 2.24) is 10.2 Å². The van der Waals surface area contributed by atoms with Crippen LogP contribution in [0.3, 0.4) is 0 Å². The number of carbonyl (C=O) groups is 1. The van der Waals surface area contributed by atoms with Crippen molar-refractivity contribution in [2.45, 2.75) is 32.2 Å². The van der Waals surface area contributed by atoms with Crippen molar-refractivity contribution in [2.75, 3.05) is 19.6 Å². The summed E-state index contributed by atoms with van der Waals surface area (Å²) in [6, 6.07) is 10.4. The van der Waals surface area contributed by atoms with Crippen LogP contribution in [0.4, 0.5) is 0 Å². The zero-order chi connectivity index (χ0) is 13.0. The van der Waals surface area contributed by atoms with Gasteiger partial charge in [-0.2, -0.15) is 0 Å². The standard InChI is InChI=1S/C15H22N2O/c1-3-14(13-7-5-4-6-8-13)15(18)17-10-9-16-11-12(17)2/h4-8,12,14,16H,3,9-11H2,1-2H3/t12-,14?/m1/s1. The smallest absolute Gasteiger partial charge is 0.230 e. The number of hydrogen-bond acceptors (Lipinski definition) is 2. The van der Waals surface area contributed by atoms with Crippen molar-refractivity contribution in [3.63, 3.8) is 0 Å². The van der Waals surface area contributed by atoms with Gasteiger partial charge in [0, 0.05) is 25.7 Å². The molecule has 1 aromatic carbocycles. The maximum atomic E-state index is 12.6. The number of carbonyl (C=O) groups excluding carboxylic acids is 1. The average Bonchev–Trinajstić information content (AvgIpc) is 2.41. The number of benzene rings is 1. The average molecular weight is 246 g/mol. The molecule has 0 spiro atoms. The number of hydrogen-bond donors (Lipinski definition) is 1. The van der Waals surface area contributed by atoms with E-state index in [0.29, 0.717) is 6.04 Å². The predicted molar refractivity (Wildman–Crippen MR) is 73.5 cm³/mol. The molecule has 1 unspecified atom stereocenters. The van der Waals surface area contributed by atoms with Gasteiger partial charge in [-0.05, 0) is 18.9 Å². The molecule has 1 aliphatic rings. The molecule has 3 nitrogen and oxygen atoms in total. The van der Waals surface area contributed by atoms with E-state index in [1.165, 1.54) is 0 Å². The molecule has 2 rings (SSSR count). The van der Waals surface area contributed by atoms with Gasteiger partial charge in [-0.25, -0.2) is 0 Å². The van der Waals surface area contributed by atoms with Crippen molar-refractivity contribution in [1.29, 1.82) is 0 Å². The van der Waals surface area contributed by atoms with E-state index in [0.717, 1.165) is 31.6 Å². The Bertz CT molecular complexity index is 391. The Morgan fingerprint density at radius 1 is 1.44 bits per heavy atom. The monoisotopic (exact) mass is 246 g/mol. The van der Waals surface area contributed by atoms with Gasteiger partial charge in [0.05, 0.1) is 5.92 Å². The molecule has 18 heavy (non-hydrogen) atoms. The Kier molecular flexibility index (Phi) is 4.37. The normalized spacial score (nSPS) is 21.7. The quantitative estimate of drug-likeness (QED) is 0.884. The third-order valence-corrected chi connectivity index (χ3v) is 3.69. The van der Waals surface area contributed by atoms with Crippen molar-refractivity contribution in [2.24, 2.45) is 0 Å². The highest BCUT2D eigenvalue weighted by Crippen LogP contribution is 2.23. The van der Waals surface area contributed by atoms with Crippen molar-refractivity contribution in [3.8, 4) is 0 Å². The molecule has 1 aliphatic heterocycles. The fraction of sp³-hybridized carbons (Fsp3) is 0.533. The van der Waals surface area contributed by atoms with Crippen LogP contribution in [0, 0.1) is 0 Å². The predicted octanol–water partition coefficient (Wildman–Crippen LogP) is 2.00. The van der Waals surface area contributed by atoms with Crippen LogP contribution < -0.4 is 5.32 Å². The second-order valence-corrected chi connectivity index (χ2v) is 4.96. The maximum Gasteiger partial charge on any atom is 0.230 e. The Morgan fingerprint density at radius 3 is 2.78 bits per heavy atom. The number of piperazine rings is 1. The molecule has 1 N–H and O–H groups in total. The molecule has 0 bridgehead atoms. The third kappa shape index (κ3) is 2.72. The van der Waals surface area contributed by atoms with E-state index in [4.69, 9.17) is 0 Å². The molecule has 0 saturated carbocycles. The maximum absolute atomic E-state index is 12.6. The minimum atomic E-state index is 0.00625. The summed E-state index contributed by atoms with van der Waals surface area (Å²) in [4.78, 5) is 14.7. The zero-order valence-electron chi connectivity index (χ0n) is 11.2.